The zero-order valence-corrected chi connectivity index (χ0v) is 17.2. The first-order valence-electron chi connectivity index (χ1n) is 10.1. The highest BCUT2D eigenvalue weighted by molar-refractivity contribution is 7.20. The maximum Gasteiger partial charge on any atom is 0.261 e. The van der Waals surface area contributed by atoms with Crippen LogP contribution in [-0.2, 0) is 9.47 Å². The van der Waals surface area contributed by atoms with Crippen molar-refractivity contribution in [2.75, 3.05) is 46.6 Å². The van der Waals surface area contributed by atoms with Gasteiger partial charge in [-0.15, -0.1) is 11.3 Å². The molecule has 28 heavy (non-hydrogen) atoms. The van der Waals surface area contributed by atoms with Crippen LogP contribution in [0, 0.1) is 0 Å². The van der Waals surface area contributed by atoms with Crippen LogP contribution in [0.2, 0.25) is 0 Å². The summed E-state index contributed by atoms with van der Waals surface area (Å²) >= 11 is 1.46. The molecule has 8 heteroatoms. The van der Waals surface area contributed by atoms with E-state index in [1.165, 1.54) is 11.3 Å². The van der Waals surface area contributed by atoms with E-state index in [0.29, 0.717) is 25.1 Å². The van der Waals surface area contributed by atoms with Gasteiger partial charge in [0, 0.05) is 63.3 Å². The number of carbonyl (C=O) groups is 1. The molecule has 2 aliphatic rings. The molecule has 7 nitrogen and oxygen atoms in total. The third-order valence-corrected chi connectivity index (χ3v) is 6.83. The van der Waals surface area contributed by atoms with Gasteiger partial charge in [0.2, 0.25) is 0 Å². The number of rotatable bonds is 6. The van der Waals surface area contributed by atoms with Gasteiger partial charge in [-0.1, -0.05) is 0 Å². The lowest BCUT2D eigenvalue weighted by molar-refractivity contribution is 0.0240. The first kappa shape index (κ1) is 19.7. The van der Waals surface area contributed by atoms with Crippen LogP contribution in [0.15, 0.2) is 12.4 Å². The van der Waals surface area contributed by atoms with Gasteiger partial charge in [0.05, 0.1) is 11.5 Å². The number of likely N-dealkylation sites (tertiary alicyclic amines) is 1. The number of thiophene rings is 1. The van der Waals surface area contributed by atoms with Crippen molar-refractivity contribution in [2.45, 2.75) is 37.6 Å². The van der Waals surface area contributed by atoms with E-state index in [9.17, 15) is 4.79 Å². The predicted octanol–water partition coefficient (Wildman–Crippen LogP) is 2.43. The predicted molar refractivity (Wildman–Crippen MR) is 109 cm³/mol. The van der Waals surface area contributed by atoms with Crippen LogP contribution < -0.4 is 5.32 Å². The van der Waals surface area contributed by atoms with Crippen LogP contribution in [0.3, 0.4) is 0 Å². The molecule has 2 aromatic heterocycles. The molecule has 152 valence electrons. The number of methoxy groups -OCH3 is 1. The van der Waals surface area contributed by atoms with Gasteiger partial charge < -0.3 is 14.8 Å². The lowest BCUT2D eigenvalue weighted by Gasteiger charge is -2.40. The van der Waals surface area contributed by atoms with Gasteiger partial charge in [0.25, 0.3) is 5.91 Å². The summed E-state index contributed by atoms with van der Waals surface area (Å²) < 4.78 is 10.6. The first-order valence-corrected chi connectivity index (χ1v) is 10.9. The SMILES string of the molecule is COCCNC(=O)c1sc2nccnc2c1[C@H]1CCCN(C2CCOCC2)C1. The number of amides is 1. The Morgan fingerprint density at radius 2 is 2.14 bits per heavy atom. The van der Waals surface area contributed by atoms with Gasteiger partial charge in [-0.3, -0.25) is 14.7 Å². The lowest BCUT2D eigenvalue weighted by atomic mass is 9.88. The molecule has 4 heterocycles. The van der Waals surface area contributed by atoms with E-state index in [2.05, 4.69) is 20.2 Å². The van der Waals surface area contributed by atoms with Gasteiger partial charge >= 0.3 is 0 Å². The Balaban J connectivity index is 1.60. The van der Waals surface area contributed by atoms with E-state index in [4.69, 9.17) is 9.47 Å². The Bertz CT molecular complexity index is 806. The summed E-state index contributed by atoms with van der Waals surface area (Å²) in [7, 11) is 1.64. The Morgan fingerprint density at radius 1 is 1.32 bits per heavy atom. The summed E-state index contributed by atoms with van der Waals surface area (Å²) in [5.41, 5.74) is 1.97. The van der Waals surface area contributed by atoms with Crippen LogP contribution in [0.4, 0.5) is 0 Å². The molecule has 0 aliphatic carbocycles. The highest BCUT2D eigenvalue weighted by atomic mass is 32.1. The van der Waals surface area contributed by atoms with Crippen molar-refractivity contribution < 1.29 is 14.3 Å². The summed E-state index contributed by atoms with van der Waals surface area (Å²) in [4.78, 5) is 26.2. The molecule has 0 radical (unpaired) electrons. The topological polar surface area (TPSA) is 76.6 Å². The zero-order chi connectivity index (χ0) is 19.3. The van der Waals surface area contributed by atoms with E-state index >= 15 is 0 Å². The molecule has 4 rings (SSSR count). The highest BCUT2D eigenvalue weighted by Gasteiger charge is 2.32. The van der Waals surface area contributed by atoms with E-state index in [1.54, 1.807) is 19.5 Å². The molecule has 0 bridgehead atoms. The second-order valence-electron chi connectivity index (χ2n) is 7.48. The van der Waals surface area contributed by atoms with Gasteiger partial charge in [-0.25, -0.2) is 4.98 Å². The summed E-state index contributed by atoms with van der Waals surface area (Å²) in [5, 5.41) is 2.98. The second kappa shape index (κ2) is 9.26. The molecule has 1 atom stereocenters. The molecule has 2 aromatic rings. The minimum absolute atomic E-state index is 0.0416. The minimum Gasteiger partial charge on any atom is -0.383 e. The Kier molecular flexibility index (Phi) is 6.51. The quantitative estimate of drug-likeness (QED) is 0.745. The summed E-state index contributed by atoms with van der Waals surface area (Å²) in [6.07, 6.45) is 7.85. The van der Waals surface area contributed by atoms with E-state index in [-0.39, 0.29) is 5.91 Å². The fourth-order valence-electron chi connectivity index (χ4n) is 4.36. The molecule has 0 unspecified atom stereocenters. The molecule has 1 amide bonds. The van der Waals surface area contributed by atoms with Gasteiger partial charge in [-0.2, -0.15) is 0 Å². The summed E-state index contributed by atoms with van der Waals surface area (Å²) in [5.74, 6) is 0.269. The number of hydrogen-bond donors (Lipinski definition) is 1. The van der Waals surface area contributed by atoms with Crippen molar-refractivity contribution in [3.8, 4) is 0 Å². The normalized spacial score (nSPS) is 21.8. The third kappa shape index (κ3) is 4.20. The molecule has 2 aliphatic heterocycles. The second-order valence-corrected chi connectivity index (χ2v) is 8.48. The molecule has 0 saturated carbocycles. The highest BCUT2D eigenvalue weighted by Crippen LogP contribution is 2.39. The van der Waals surface area contributed by atoms with Crippen molar-refractivity contribution >= 4 is 27.6 Å². The Labute approximate surface area is 169 Å². The largest absolute Gasteiger partial charge is 0.383 e. The van der Waals surface area contributed by atoms with Crippen molar-refractivity contribution in [1.29, 1.82) is 0 Å². The monoisotopic (exact) mass is 404 g/mol. The molecular weight excluding hydrogens is 376 g/mol. The van der Waals surface area contributed by atoms with Crippen LogP contribution in [-0.4, -0.2) is 73.4 Å². The zero-order valence-electron chi connectivity index (χ0n) is 16.4. The first-order chi connectivity index (χ1) is 13.8. The van der Waals surface area contributed by atoms with Crippen LogP contribution >= 0.6 is 11.3 Å². The molecule has 2 saturated heterocycles. The minimum atomic E-state index is -0.0416. The standard InChI is InChI=1S/C20H28N4O3S/c1-26-12-8-22-19(25)18-16(17-20(28-18)23-7-6-21-17)14-3-2-9-24(13-14)15-4-10-27-11-5-15/h6-7,14-15H,2-5,8-13H2,1H3,(H,22,25)/t14-/m0/s1. The maximum atomic E-state index is 12.9. The maximum absolute atomic E-state index is 12.9. The van der Waals surface area contributed by atoms with Crippen molar-refractivity contribution in [3.05, 3.63) is 22.8 Å². The number of piperidine rings is 1. The van der Waals surface area contributed by atoms with Crippen molar-refractivity contribution in [1.82, 2.24) is 20.2 Å². The number of fused-ring (bicyclic) bond motifs is 1. The summed E-state index contributed by atoms with van der Waals surface area (Å²) in [6.45, 7) is 4.82. The third-order valence-electron chi connectivity index (χ3n) is 5.73. The molecule has 0 spiro atoms. The smallest absolute Gasteiger partial charge is 0.261 e. The number of ether oxygens (including phenoxy) is 2. The van der Waals surface area contributed by atoms with Crippen LogP contribution in [0.1, 0.15) is 46.8 Å². The van der Waals surface area contributed by atoms with E-state index < -0.39 is 0 Å². The van der Waals surface area contributed by atoms with Crippen molar-refractivity contribution in [2.24, 2.45) is 0 Å². The van der Waals surface area contributed by atoms with Crippen molar-refractivity contribution in [3.63, 3.8) is 0 Å². The molecule has 2 fully saturated rings. The number of aromatic nitrogens is 2. The Morgan fingerprint density at radius 3 is 2.96 bits per heavy atom. The number of hydrogen-bond acceptors (Lipinski definition) is 7. The number of nitrogens with zero attached hydrogens (tertiary/aromatic N) is 3. The average Bonchev–Trinajstić information content (AvgIpc) is 3.14. The van der Waals surface area contributed by atoms with E-state index in [0.717, 1.165) is 72.8 Å². The van der Waals surface area contributed by atoms with Gasteiger partial charge in [0.1, 0.15) is 10.3 Å². The summed E-state index contributed by atoms with van der Waals surface area (Å²) in [6, 6.07) is 0.589. The van der Waals surface area contributed by atoms with Crippen LogP contribution in [0.5, 0.6) is 0 Å². The van der Waals surface area contributed by atoms with Gasteiger partial charge in [0.15, 0.2) is 0 Å². The molecule has 0 aromatic carbocycles. The average molecular weight is 405 g/mol. The van der Waals surface area contributed by atoms with E-state index in [1.807, 2.05) is 0 Å². The number of carbonyl (C=O) groups excluding carboxylic acids is 1. The molecular formula is C20H28N4O3S. The Hall–Kier alpha value is -1.61. The van der Waals surface area contributed by atoms with Gasteiger partial charge in [-0.05, 0) is 32.2 Å². The lowest BCUT2D eigenvalue weighted by Crippen LogP contribution is -2.44. The number of nitrogens with one attached hydrogen (secondary N) is 1. The van der Waals surface area contributed by atoms with Crippen LogP contribution in [0.25, 0.3) is 10.3 Å². The fraction of sp³-hybridized carbons (Fsp3) is 0.650. The fourth-order valence-corrected chi connectivity index (χ4v) is 5.47. The molecule has 1 N–H and O–H groups in total.